The molecule has 23 heavy (non-hydrogen) atoms. The van der Waals surface area contributed by atoms with Crippen molar-refractivity contribution in [2.24, 2.45) is 0 Å². The number of aromatic nitrogens is 3. The standard InChI is InChI=1S/C15H22N4O2S2/c1-12(14(20)16-7-4-9-21-2)23-15-18-17-11-19(15)8-6-13-5-3-10-22-13/h3,5,10-12H,4,6-9H2,1-2H3,(H,16,20). The third-order valence-corrected chi connectivity index (χ3v) is 5.27. The molecule has 0 saturated carbocycles. The smallest absolute Gasteiger partial charge is 0.233 e. The van der Waals surface area contributed by atoms with Crippen LogP contribution in [0.2, 0.25) is 0 Å². The van der Waals surface area contributed by atoms with Crippen molar-refractivity contribution in [1.82, 2.24) is 20.1 Å². The predicted molar refractivity (Wildman–Crippen MR) is 92.9 cm³/mol. The van der Waals surface area contributed by atoms with Crippen LogP contribution >= 0.6 is 23.1 Å². The van der Waals surface area contributed by atoms with Gasteiger partial charge in [-0.3, -0.25) is 4.79 Å². The number of carbonyl (C=O) groups excluding carboxylic acids is 1. The second-order valence-electron chi connectivity index (χ2n) is 5.03. The largest absolute Gasteiger partial charge is 0.385 e. The van der Waals surface area contributed by atoms with Gasteiger partial charge in [0, 0.05) is 31.7 Å². The van der Waals surface area contributed by atoms with Crippen LogP contribution in [-0.4, -0.2) is 46.2 Å². The lowest BCUT2D eigenvalue weighted by Crippen LogP contribution is -2.32. The molecule has 6 nitrogen and oxygen atoms in total. The minimum absolute atomic E-state index is 0.0129. The minimum Gasteiger partial charge on any atom is -0.385 e. The Morgan fingerprint density at radius 2 is 2.43 bits per heavy atom. The van der Waals surface area contributed by atoms with Crippen LogP contribution < -0.4 is 5.32 Å². The van der Waals surface area contributed by atoms with Crippen molar-refractivity contribution in [2.75, 3.05) is 20.3 Å². The van der Waals surface area contributed by atoms with Crippen LogP contribution in [0.5, 0.6) is 0 Å². The Morgan fingerprint density at radius 1 is 1.57 bits per heavy atom. The van der Waals surface area contributed by atoms with Gasteiger partial charge < -0.3 is 14.6 Å². The number of nitrogens with one attached hydrogen (secondary N) is 1. The molecule has 0 aromatic carbocycles. The highest BCUT2D eigenvalue weighted by atomic mass is 32.2. The van der Waals surface area contributed by atoms with Gasteiger partial charge in [-0.2, -0.15) is 0 Å². The zero-order valence-electron chi connectivity index (χ0n) is 13.4. The van der Waals surface area contributed by atoms with Crippen LogP contribution in [0.1, 0.15) is 18.2 Å². The molecule has 0 spiro atoms. The highest BCUT2D eigenvalue weighted by Crippen LogP contribution is 2.21. The molecule has 0 saturated heterocycles. The molecule has 0 radical (unpaired) electrons. The Hall–Kier alpha value is -1.38. The molecule has 2 aromatic heterocycles. The maximum Gasteiger partial charge on any atom is 0.233 e. The van der Waals surface area contributed by atoms with Gasteiger partial charge in [0.05, 0.1) is 5.25 Å². The maximum atomic E-state index is 12.1. The van der Waals surface area contributed by atoms with Gasteiger partial charge in [-0.15, -0.1) is 21.5 Å². The first-order valence-electron chi connectivity index (χ1n) is 7.54. The Balaban J connectivity index is 1.80. The number of rotatable bonds is 10. The first-order valence-corrected chi connectivity index (χ1v) is 9.30. The SMILES string of the molecule is COCCCNC(=O)C(C)Sc1nncn1CCc1cccs1. The molecule has 2 aromatic rings. The molecule has 0 aliphatic carbocycles. The highest BCUT2D eigenvalue weighted by molar-refractivity contribution is 8.00. The fourth-order valence-corrected chi connectivity index (χ4v) is 3.53. The Kier molecular flexibility index (Phi) is 7.57. The molecule has 126 valence electrons. The van der Waals surface area contributed by atoms with Gasteiger partial charge >= 0.3 is 0 Å². The summed E-state index contributed by atoms with van der Waals surface area (Å²) in [6.07, 6.45) is 3.48. The zero-order chi connectivity index (χ0) is 16.5. The lowest BCUT2D eigenvalue weighted by atomic mass is 10.3. The molecule has 0 aliphatic heterocycles. The normalized spacial score (nSPS) is 12.3. The van der Waals surface area contributed by atoms with Crippen molar-refractivity contribution in [1.29, 1.82) is 0 Å². The highest BCUT2D eigenvalue weighted by Gasteiger charge is 2.17. The fraction of sp³-hybridized carbons (Fsp3) is 0.533. The molecule has 1 N–H and O–H groups in total. The van der Waals surface area contributed by atoms with Crippen molar-refractivity contribution in [3.63, 3.8) is 0 Å². The Bertz CT molecular complexity index is 586. The molecule has 0 fully saturated rings. The Labute approximate surface area is 144 Å². The van der Waals surface area contributed by atoms with Gasteiger partial charge in [0.2, 0.25) is 5.91 Å². The molecule has 1 unspecified atom stereocenters. The fourth-order valence-electron chi connectivity index (χ4n) is 1.96. The van der Waals surface area contributed by atoms with E-state index in [1.165, 1.54) is 16.6 Å². The average molecular weight is 355 g/mol. The number of ether oxygens (including phenoxy) is 1. The second-order valence-corrected chi connectivity index (χ2v) is 7.37. The third kappa shape index (κ3) is 5.96. The molecule has 0 aliphatic rings. The van der Waals surface area contributed by atoms with E-state index in [2.05, 4.69) is 33.0 Å². The van der Waals surface area contributed by atoms with E-state index < -0.39 is 0 Å². The van der Waals surface area contributed by atoms with Crippen LogP contribution in [0.3, 0.4) is 0 Å². The number of amides is 1. The van der Waals surface area contributed by atoms with Crippen molar-refractivity contribution >= 4 is 29.0 Å². The van der Waals surface area contributed by atoms with E-state index in [1.54, 1.807) is 24.8 Å². The van der Waals surface area contributed by atoms with E-state index in [1.807, 2.05) is 11.5 Å². The number of hydrogen-bond donors (Lipinski definition) is 1. The summed E-state index contributed by atoms with van der Waals surface area (Å²) in [4.78, 5) is 13.4. The average Bonchev–Trinajstić information content (AvgIpc) is 3.21. The second kappa shape index (κ2) is 9.69. The van der Waals surface area contributed by atoms with Gasteiger partial charge in [-0.05, 0) is 31.2 Å². The minimum atomic E-state index is -0.206. The maximum absolute atomic E-state index is 12.1. The molecule has 2 rings (SSSR count). The predicted octanol–water partition coefficient (Wildman–Crippen LogP) is 2.22. The molecule has 1 atom stereocenters. The van der Waals surface area contributed by atoms with Gasteiger partial charge in [0.1, 0.15) is 6.33 Å². The van der Waals surface area contributed by atoms with Crippen LogP contribution in [0.25, 0.3) is 0 Å². The summed E-state index contributed by atoms with van der Waals surface area (Å²) in [5, 5.41) is 13.7. The molecule has 2 heterocycles. The molecule has 1 amide bonds. The summed E-state index contributed by atoms with van der Waals surface area (Å²) in [5.74, 6) is 0.0129. The van der Waals surface area contributed by atoms with Crippen molar-refractivity contribution in [3.05, 3.63) is 28.7 Å². The first kappa shape index (κ1) is 18.0. The number of hydrogen-bond acceptors (Lipinski definition) is 6. The van der Waals surface area contributed by atoms with Crippen molar-refractivity contribution in [3.8, 4) is 0 Å². The number of thioether (sulfide) groups is 1. The topological polar surface area (TPSA) is 69.0 Å². The Morgan fingerprint density at radius 3 is 3.17 bits per heavy atom. The number of carbonyl (C=O) groups is 1. The zero-order valence-corrected chi connectivity index (χ0v) is 15.0. The number of nitrogens with zero attached hydrogens (tertiary/aromatic N) is 3. The summed E-state index contributed by atoms with van der Waals surface area (Å²) in [7, 11) is 1.66. The van der Waals surface area contributed by atoms with Gasteiger partial charge in [-0.1, -0.05) is 17.8 Å². The van der Waals surface area contributed by atoms with Gasteiger partial charge in [-0.25, -0.2) is 0 Å². The van der Waals surface area contributed by atoms with E-state index in [-0.39, 0.29) is 11.2 Å². The van der Waals surface area contributed by atoms with E-state index in [0.29, 0.717) is 13.2 Å². The van der Waals surface area contributed by atoms with E-state index in [4.69, 9.17) is 4.74 Å². The molecular weight excluding hydrogens is 332 g/mol. The number of aryl methyl sites for hydroxylation is 2. The van der Waals surface area contributed by atoms with Crippen LogP contribution in [0.15, 0.2) is 29.0 Å². The van der Waals surface area contributed by atoms with Crippen LogP contribution in [0, 0.1) is 0 Å². The summed E-state index contributed by atoms with van der Waals surface area (Å²) >= 11 is 3.18. The molecular formula is C15H22N4O2S2. The van der Waals surface area contributed by atoms with E-state index in [0.717, 1.165) is 24.5 Å². The summed E-state index contributed by atoms with van der Waals surface area (Å²) in [5.41, 5.74) is 0. The lowest BCUT2D eigenvalue weighted by Gasteiger charge is -2.12. The molecule has 0 bridgehead atoms. The van der Waals surface area contributed by atoms with Crippen LogP contribution in [0.4, 0.5) is 0 Å². The van der Waals surface area contributed by atoms with Gasteiger partial charge in [0.15, 0.2) is 5.16 Å². The third-order valence-electron chi connectivity index (χ3n) is 3.24. The van der Waals surface area contributed by atoms with Crippen molar-refractivity contribution in [2.45, 2.75) is 36.7 Å². The lowest BCUT2D eigenvalue weighted by molar-refractivity contribution is -0.120. The quantitative estimate of drug-likeness (QED) is 0.523. The monoisotopic (exact) mass is 354 g/mol. The number of thiophene rings is 1. The van der Waals surface area contributed by atoms with E-state index in [9.17, 15) is 4.79 Å². The summed E-state index contributed by atoms with van der Waals surface area (Å²) < 4.78 is 6.96. The van der Waals surface area contributed by atoms with Crippen LogP contribution in [-0.2, 0) is 22.5 Å². The molecule has 8 heteroatoms. The summed E-state index contributed by atoms with van der Waals surface area (Å²) in [6, 6.07) is 4.18. The van der Waals surface area contributed by atoms with Gasteiger partial charge in [0.25, 0.3) is 0 Å². The van der Waals surface area contributed by atoms with E-state index >= 15 is 0 Å². The number of methoxy groups -OCH3 is 1. The van der Waals surface area contributed by atoms with Crippen molar-refractivity contribution < 1.29 is 9.53 Å². The summed E-state index contributed by atoms with van der Waals surface area (Å²) in [6.45, 7) is 3.98. The first-order chi connectivity index (χ1) is 11.2.